The van der Waals surface area contributed by atoms with Crippen LogP contribution in [0.15, 0.2) is 35.8 Å². The van der Waals surface area contributed by atoms with E-state index in [0.717, 1.165) is 10.9 Å². The Bertz CT molecular complexity index is 760. The lowest BCUT2D eigenvalue weighted by Gasteiger charge is -2.01. The Morgan fingerprint density at radius 2 is 2.21 bits per heavy atom. The first-order valence-corrected chi connectivity index (χ1v) is 6.89. The van der Waals surface area contributed by atoms with Gasteiger partial charge in [0.15, 0.2) is 0 Å². The summed E-state index contributed by atoms with van der Waals surface area (Å²) in [5, 5.41) is 3.28. The summed E-state index contributed by atoms with van der Waals surface area (Å²) in [6.07, 6.45) is 1.71. The van der Waals surface area contributed by atoms with Gasteiger partial charge in [-0.2, -0.15) is 0 Å². The molecule has 19 heavy (non-hydrogen) atoms. The SMILES string of the molecule is COc1ccsc1C(=O)c1c[nH]c2ccc(Cl)cc12. The first kappa shape index (κ1) is 12.3. The summed E-state index contributed by atoms with van der Waals surface area (Å²) in [6, 6.07) is 7.24. The number of carbonyl (C=O) groups is 1. The fourth-order valence-electron chi connectivity index (χ4n) is 2.03. The highest BCUT2D eigenvalue weighted by atomic mass is 35.5. The fourth-order valence-corrected chi connectivity index (χ4v) is 3.01. The predicted molar refractivity (Wildman–Crippen MR) is 77.6 cm³/mol. The van der Waals surface area contributed by atoms with Crippen molar-refractivity contribution in [1.82, 2.24) is 4.98 Å². The lowest BCUT2D eigenvalue weighted by Crippen LogP contribution is -1.99. The van der Waals surface area contributed by atoms with E-state index < -0.39 is 0 Å². The number of carbonyl (C=O) groups excluding carboxylic acids is 1. The van der Waals surface area contributed by atoms with Gasteiger partial charge in [-0.3, -0.25) is 4.79 Å². The maximum Gasteiger partial charge on any atom is 0.208 e. The molecule has 3 rings (SSSR count). The zero-order chi connectivity index (χ0) is 13.4. The molecule has 5 heteroatoms. The van der Waals surface area contributed by atoms with E-state index in [4.69, 9.17) is 16.3 Å². The molecule has 0 saturated heterocycles. The van der Waals surface area contributed by atoms with E-state index in [1.165, 1.54) is 11.3 Å². The van der Waals surface area contributed by atoms with Crippen LogP contribution in [0.4, 0.5) is 0 Å². The molecule has 0 atom stereocenters. The largest absolute Gasteiger partial charge is 0.495 e. The molecule has 0 amide bonds. The van der Waals surface area contributed by atoms with Crippen LogP contribution in [-0.4, -0.2) is 17.9 Å². The highest BCUT2D eigenvalue weighted by Gasteiger charge is 2.19. The summed E-state index contributed by atoms with van der Waals surface area (Å²) in [5.41, 5.74) is 1.50. The Morgan fingerprint density at radius 3 is 3.00 bits per heavy atom. The van der Waals surface area contributed by atoms with Crippen LogP contribution in [0, 0.1) is 0 Å². The number of H-pyrrole nitrogens is 1. The summed E-state index contributed by atoms with van der Waals surface area (Å²) < 4.78 is 5.19. The highest BCUT2D eigenvalue weighted by Crippen LogP contribution is 2.30. The van der Waals surface area contributed by atoms with E-state index in [0.29, 0.717) is 21.2 Å². The molecule has 2 aromatic heterocycles. The second kappa shape index (κ2) is 4.72. The van der Waals surface area contributed by atoms with Crippen molar-refractivity contribution in [1.29, 1.82) is 0 Å². The number of thiophene rings is 1. The monoisotopic (exact) mass is 291 g/mol. The van der Waals surface area contributed by atoms with Crippen LogP contribution in [0.3, 0.4) is 0 Å². The minimum atomic E-state index is -0.0552. The summed E-state index contributed by atoms with van der Waals surface area (Å²) in [5.74, 6) is 0.548. The molecular weight excluding hydrogens is 282 g/mol. The summed E-state index contributed by atoms with van der Waals surface area (Å²) in [4.78, 5) is 16.2. The van der Waals surface area contributed by atoms with Crippen LogP contribution in [0.1, 0.15) is 15.2 Å². The molecule has 0 bridgehead atoms. The van der Waals surface area contributed by atoms with E-state index >= 15 is 0 Å². The minimum Gasteiger partial charge on any atom is -0.495 e. The molecule has 0 unspecified atom stereocenters. The van der Waals surface area contributed by atoms with Gasteiger partial charge >= 0.3 is 0 Å². The summed E-state index contributed by atoms with van der Waals surface area (Å²) in [6.45, 7) is 0. The standard InChI is InChI=1S/C14H10ClNO2S/c1-18-12-4-5-19-14(12)13(17)10-7-16-11-3-2-8(15)6-9(10)11/h2-7,16H,1H3. The van der Waals surface area contributed by atoms with Gasteiger partial charge < -0.3 is 9.72 Å². The van der Waals surface area contributed by atoms with Crippen molar-refractivity contribution >= 4 is 39.6 Å². The number of ether oxygens (including phenoxy) is 1. The zero-order valence-electron chi connectivity index (χ0n) is 10.1. The van der Waals surface area contributed by atoms with Gasteiger partial charge in [0.2, 0.25) is 5.78 Å². The molecule has 0 aliphatic carbocycles. The third kappa shape index (κ3) is 2.03. The van der Waals surface area contributed by atoms with E-state index in [2.05, 4.69) is 4.98 Å². The maximum absolute atomic E-state index is 12.5. The van der Waals surface area contributed by atoms with E-state index in [9.17, 15) is 4.79 Å². The number of benzene rings is 1. The highest BCUT2D eigenvalue weighted by molar-refractivity contribution is 7.12. The van der Waals surface area contributed by atoms with Crippen molar-refractivity contribution < 1.29 is 9.53 Å². The number of halogens is 1. The van der Waals surface area contributed by atoms with Crippen LogP contribution in [0.2, 0.25) is 5.02 Å². The van der Waals surface area contributed by atoms with Crippen molar-refractivity contribution in [3.05, 3.63) is 51.3 Å². The second-order valence-electron chi connectivity index (χ2n) is 4.04. The lowest BCUT2D eigenvalue weighted by molar-refractivity contribution is 0.104. The lowest BCUT2D eigenvalue weighted by atomic mass is 10.1. The molecule has 0 saturated carbocycles. The Morgan fingerprint density at radius 1 is 1.37 bits per heavy atom. The van der Waals surface area contributed by atoms with Crippen molar-refractivity contribution in [2.24, 2.45) is 0 Å². The topological polar surface area (TPSA) is 42.1 Å². The van der Waals surface area contributed by atoms with E-state index in [1.54, 1.807) is 31.5 Å². The van der Waals surface area contributed by atoms with Crippen molar-refractivity contribution in [3.63, 3.8) is 0 Å². The Balaban J connectivity index is 2.14. The van der Waals surface area contributed by atoms with Crippen molar-refractivity contribution in [2.75, 3.05) is 7.11 Å². The summed E-state index contributed by atoms with van der Waals surface area (Å²) >= 11 is 7.36. The molecule has 1 N–H and O–H groups in total. The Kier molecular flexibility index (Phi) is 3.05. The number of rotatable bonds is 3. The number of aromatic nitrogens is 1. The normalized spacial score (nSPS) is 10.8. The Labute approximate surface area is 118 Å². The number of fused-ring (bicyclic) bond motifs is 1. The van der Waals surface area contributed by atoms with E-state index in [1.807, 2.05) is 11.4 Å². The maximum atomic E-state index is 12.5. The number of nitrogens with one attached hydrogen (secondary N) is 1. The molecule has 0 fully saturated rings. The van der Waals surface area contributed by atoms with Crippen LogP contribution >= 0.6 is 22.9 Å². The molecule has 3 aromatic rings. The van der Waals surface area contributed by atoms with Crippen LogP contribution < -0.4 is 4.74 Å². The van der Waals surface area contributed by atoms with Gasteiger partial charge in [-0.15, -0.1) is 11.3 Å². The van der Waals surface area contributed by atoms with Gasteiger partial charge in [-0.1, -0.05) is 11.6 Å². The van der Waals surface area contributed by atoms with Crippen molar-refractivity contribution in [3.8, 4) is 5.75 Å². The van der Waals surface area contributed by atoms with E-state index in [-0.39, 0.29) is 5.78 Å². The van der Waals surface area contributed by atoms with Gasteiger partial charge in [-0.05, 0) is 29.6 Å². The minimum absolute atomic E-state index is 0.0552. The number of ketones is 1. The molecule has 1 aromatic carbocycles. The zero-order valence-corrected chi connectivity index (χ0v) is 11.6. The molecule has 0 aliphatic rings. The third-order valence-electron chi connectivity index (χ3n) is 2.94. The van der Waals surface area contributed by atoms with Gasteiger partial charge in [0.05, 0.1) is 7.11 Å². The number of hydrogen-bond acceptors (Lipinski definition) is 3. The molecule has 2 heterocycles. The first-order chi connectivity index (χ1) is 9.20. The smallest absolute Gasteiger partial charge is 0.208 e. The van der Waals surface area contributed by atoms with Crippen LogP contribution in [-0.2, 0) is 0 Å². The number of aromatic amines is 1. The van der Waals surface area contributed by atoms with Crippen molar-refractivity contribution in [2.45, 2.75) is 0 Å². The van der Waals surface area contributed by atoms with Crippen LogP contribution in [0.5, 0.6) is 5.75 Å². The average Bonchev–Trinajstić information content (AvgIpc) is 3.03. The number of methoxy groups -OCH3 is 1. The molecule has 0 spiro atoms. The summed E-state index contributed by atoms with van der Waals surface area (Å²) in [7, 11) is 1.56. The van der Waals surface area contributed by atoms with Gasteiger partial charge in [0.25, 0.3) is 0 Å². The number of hydrogen-bond donors (Lipinski definition) is 1. The van der Waals surface area contributed by atoms with Gasteiger partial charge in [-0.25, -0.2) is 0 Å². The fraction of sp³-hybridized carbons (Fsp3) is 0.0714. The molecule has 0 aliphatic heterocycles. The third-order valence-corrected chi connectivity index (χ3v) is 4.07. The second-order valence-corrected chi connectivity index (χ2v) is 5.39. The molecular formula is C14H10ClNO2S. The van der Waals surface area contributed by atoms with Gasteiger partial charge in [0.1, 0.15) is 10.6 Å². The predicted octanol–water partition coefficient (Wildman–Crippen LogP) is 4.12. The quantitative estimate of drug-likeness (QED) is 0.738. The molecule has 0 radical (unpaired) electrons. The van der Waals surface area contributed by atoms with Crippen LogP contribution in [0.25, 0.3) is 10.9 Å². The average molecular weight is 292 g/mol. The molecule has 96 valence electrons. The molecule has 3 nitrogen and oxygen atoms in total. The van der Waals surface area contributed by atoms with Gasteiger partial charge in [0, 0.05) is 27.7 Å². The first-order valence-electron chi connectivity index (χ1n) is 5.63. The Hall–Kier alpha value is -1.78.